The van der Waals surface area contributed by atoms with Crippen molar-refractivity contribution in [1.29, 1.82) is 0 Å². The smallest absolute Gasteiger partial charge is 0.262 e. The second-order valence-electron chi connectivity index (χ2n) is 12.8. The van der Waals surface area contributed by atoms with E-state index in [2.05, 4.69) is 32.3 Å². The Kier molecular flexibility index (Phi) is 10.7. The quantitative estimate of drug-likeness (QED) is 0.117. The zero-order valence-electron chi connectivity index (χ0n) is 28.0. The maximum absolute atomic E-state index is 13.3. The van der Waals surface area contributed by atoms with Crippen molar-refractivity contribution in [2.45, 2.75) is 55.9 Å². The highest BCUT2D eigenvalue weighted by molar-refractivity contribution is 7.98. The van der Waals surface area contributed by atoms with Crippen molar-refractivity contribution < 1.29 is 9.59 Å². The zero-order chi connectivity index (χ0) is 35.5. The van der Waals surface area contributed by atoms with Crippen LogP contribution in [-0.2, 0) is 22.7 Å². The molecule has 2 aliphatic heterocycles. The fourth-order valence-electron chi connectivity index (χ4n) is 6.66. The highest BCUT2D eigenvalue weighted by atomic mass is 35.5. The second-order valence-corrected chi connectivity index (χ2v) is 14.4. The Morgan fingerprint density at radius 3 is 2.04 bits per heavy atom. The summed E-state index contributed by atoms with van der Waals surface area (Å²) in [7, 11) is 0. The second kappa shape index (κ2) is 15.5. The van der Waals surface area contributed by atoms with Crippen molar-refractivity contribution in [3.05, 3.63) is 105 Å². The van der Waals surface area contributed by atoms with Gasteiger partial charge in [-0.05, 0) is 48.4 Å². The van der Waals surface area contributed by atoms with Crippen molar-refractivity contribution in [3.8, 4) is 33.5 Å². The summed E-state index contributed by atoms with van der Waals surface area (Å²) >= 11 is 15.8. The number of thioether (sulfide) groups is 1. The van der Waals surface area contributed by atoms with Crippen LogP contribution in [-0.4, -0.2) is 57.6 Å². The van der Waals surface area contributed by atoms with Crippen LogP contribution in [0.2, 0.25) is 10.0 Å². The third-order valence-corrected chi connectivity index (χ3v) is 10.9. The molecule has 0 spiro atoms. The fourth-order valence-corrected chi connectivity index (χ4v) is 7.91. The van der Waals surface area contributed by atoms with E-state index in [1.165, 1.54) is 4.40 Å². The molecule has 5 aromatic rings. The Morgan fingerprint density at radius 2 is 1.41 bits per heavy atom. The van der Waals surface area contributed by atoms with Crippen molar-refractivity contribution >= 4 is 52.4 Å². The summed E-state index contributed by atoms with van der Waals surface area (Å²) in [5.41, 5.74) is 6.68. The van der Waals surface area contributed by atoms with E-state index in [1.54, 1.807) is 24.2 Å². The predicted octanol–water partition coefficient (Wildman–Crippen LogP) is 5.86. The minimum absolute atomic E-state index is 0.0642. The molecule has 2 aromatic carbocycles. The lowest BCUT2D eigenvalue weighted by Crippen LogP contribution is -2.36. The number of aromatic nitrogens is 3. The number of nitrogens with one attached hydrogen (secondary N) is 4. The molecule has 2 saturated heterocycles. The van der Waals surface area contributed by atoms with Gasteiger partial charge < -0.3 is 21.3 Å². The van der Waals surface area contributed by atoms with Crippen LogP contribution in [0.5, 0.6) is 0 Å². The van der Waals surface area contributed by atoms with Crippen molar-refractivity contribution in [3.63, 3.8) is 0 Å². The Bertz CT molecular complexity index is 2190. The highest BCUT2D eigenvalue weighted by Crippen LogP contribution is 2.42. The van der Waals surface area contributed by atoms with Gasteiger partial charge in [-0.15, -0.1) is 11.8 Å². The zero-order valence-corrected chi connectivity index (χ0v) is 30.3. The van der Waals surface area contributed by atoms with Crippen molar-refractivity contribution in [2.75, 3.05) is 19.3 Å². The molecule has 0 saturated carbocycles. The minimum Gasteiger partial charge on any atom is -0.352 e. The van der Waals surface area contributed by atoms with E-state index >= 15 is 0 Å². The van der Waals surface area contributed by atoms with E-state index < -0.39 is 0 Å². The number of fused-ring (bicyclic) bond motifs is 1. The Balaban J connectivity index is 1.10. The summed E-state index contributed by atoms with van der Waals surface area (Å²) in [6, 6.07) is 19.7. The number of hydrogen-bond donors (Lipinski definition) is 4. The van der Waals surface area contributed by atoms with E-state index in [1.807, 2.05) is 60.9 Å². The van der Waals surface area contributed by atoms with Gasteiger partial charge in [0.2, 0.25) is 11.8 Å². The normalized spacial score (nSPS) is 17.2. The van der Waals surface area contributed by atoms with Gasteiger partial charge in [0.05, 0.1) is 15.7 Å². The SMILES string of the molecule is CSc1nc(-c2cccc(-c3cccc(-c4ccn5c(=O)c(CNCC6CCC(=O)N6)cnc5c4)c3Cl)c2Cl)ccc1CNCC1CCC(=O)N1. The molecule has 10 nitrogen and oxygen atoms in total. The van der Waals surface area contributed by atoms with Gasteiger partial charge in [-0.25, -0.2) is 9.97 Å². The molecule has 7 rings (SSSR count). The molecule has 0 aliphatic carbocycles. The van der Waals surface area contributed by atoms with E-state index in [0.717, 1.165) is 56.9 Å². The Hall–Kier alpha value is -4.26. The number of pyridine rings is 2. The first-order valence-corrected chi connectivity index (χ1v) is 18.9. The number of carbonyl (C=O) groups excluding carboxylic acids is 2. The average molecular weight is 743 g/mol. The molecular weight excluding hydrogens is 705 g/mol. The van der Waals surface area contributed by atoms with Gasteiger partial charge in [0, 0.05) is 91.3 Å². The largest absolute Gasteiger partial charge is 0.352 e. The summed E-state index contributed by atoms with van der Waals surface area (Å²) in [5, 5.41) is 14.6. The van der Waals surface area contributed by atoms with Gasteiger partial charge in [-0.2, -0.15) is 0 Å². The van der Waals surface area contributed by atoms with E-state index in [-0.39, 0.29) is 29.5 Å². The summed E-state index contributed by atoms with van der Waals surface area (Å²) in [4.78, 5) is 45.8. The average Bonchev–Trinajstić information content (AvgIpc) is 3.76. The number of halogens is 2. The summed E-state index contributed by atoms with van der Waals surface area (Å²) < 4.78 is 1.53. The van der Waals surface area contributed by atoms with Crippen LogP contribution in [0, 0.1) is 0 Å². The van der Waals surface area contributed by atoms with Gasteiger partial charge in [-0.3, -0.25) is 18.8 Å². The topological polar surface area (TPSA) is 130 Å². The van der Waals surface area contributed by atoms with E-state index in [4.69, 9.17) is 28.2 Å². The lowest BCUT2D eigenvalue weighted by molar-refractivity contribution is -0.120. The van der Waals surface area contributed by atoms with E-state index in [9.17, 15) is 14.4 Å². The number of benzene rings is 2. The third kappa shape index (κ3) is 7.68. The molecule has 2 fully saturated rings. The predicted molar refractivity (Wildman–Crippen MR) is 203 cm³/mol. The summed E-state index contributed by atoms with van der Waals surface area (Å²) in [6.45, 7) is 2.31. The van der Waals surface area contributed by atoms with E-state index in [0.29, 0.717) is 60.3 Å². The van der Waals surface area contributed by atoms with Crippen LogP contribution in [0.3, 0.4) is 0 Å². The number of rotatable bonds is 12. The number of carbonyl (C=O) groups is 2. The first-order chi connectivity index (χ1) is 24.8. The molecule has 2 amide bonds. The maximum atomic E-state index is 13.3. The van der Waals surface area contributed by atoms with Crippen LogP contribution in [0.1, 0.15) is 36.8 Å². The molecule has 13 heteroatoms. The monoisotopic (exact) mass is 741 g/mol. The minimum atomic E-state index is -0.153. The number of hydrogen-bond acceptors (Lipinski definition) is 8. The lowest BCUT2D eigenvalue weighted by Gasteiger charge is -2.16. The number of nitrogens with zero attached hydrogens (tertiary/aromatic N) is 3. The molecular formula is C38H37Cl2N7O3S. The molecule has 51 heavy (non-hydrogen) atoms. The van der Waals surface area contributed by atoms with Crippen LogP contribution in [0.4, 0.5) is 0 Å². The summed E-state index contributed by atoms with van der Waals surface area (Å²) in [6.07, 6.45) is 8.09. The Labute approximate surface area is 309 Å². The Morgan fingerprint density at radius 1 is 0.804 bits per heavy atom. The van der Waals surface area contributed by atoms with Crippen LogP contribution >= 0.6 is 35.0 Å². The molecule has 2 atom stereocenters. The summed E-state index contributed by atoms with van der Waals surface area (Å²) in [5.74, 6) is 0.177. The lowest BCUT2D eigenvalue weighted by atomic mass is 9.97. The molecule has 262 valence electrons. The van der Waals surface area contributed by atoms with Crippen LogP contribution < -0.4 is 26.8 Å². The van der Waals surface area contributed by atoms with Crippen molar-refractivity contribution in [2.24, 2.45) is 0 Å². The van der Waals surface area contributed by atoms with Gasteiger partial charge in [0.1, 0.15) is 10.7 Å². The van der Waals surface area contributed by atoms with Crippen LogP contribution in [0.25, 0.3) is 39.2 Å². The van der Waals surface area contributed by atoms with Gasteiger partial charge in [0.25, 0.3) is 5.56 Å². The van der Waals surface area contributed by atoms with Gasteiger partial charge >= 0.3 is 0 Å². The molecule has 5 heterocycles. The first kappa shape index (κ1) is 35.2. The number of amides is 2. The molecule has 0 radical (unpaired) electrons. The molecule has 2 aliphatic rings. The molecule has 3 aromatic heterocycles. The molecule has 2 unspecified atom stereocenters. The fraction of sp³-hybridized carbons (Fsp3) is 0.289. The molecule has 0 bridgehead atoms. The molecule has 4 N–H and O–H groups in total. The third-order valence-electron chi connectivity index (χ3n) is 9.37. The first-order valence-electron chi connectivity index (χ1n) is 16.9. The van der Waals surface area contributed by atoms with Crippen LogP contribution in [0.15, 0.2) is 82.9 Å². The van der Waals surface area contributed by atoms with Crippen molar-refractivity contribution in [1.82, 2.24) is 35.6 Å². The standard InChI is InChI=1S/C38H37Cl2N7O3S/c1-51-37-23(17-41-20-25-9-12-33(48)44-25)8-11-31(46-37)30-7-3-6-29(36(30)40)28-5-2-4-27(35(28)39)22-14-15-47-32(16-22)43-19-24(38(47)50)18-42-21-26-10-13-34(49)45-26/h2-8,11,14-16,19,25-26,41-42H,9-10,12-13,17-18,20-21H2,1H3,(H,44,48)(H,45,49). The van der Waals surface area contributed by atoms with Gasteiger partial charge in [-0.1, -0.05) is 65.7 Å². The highest BCUT2D eigenvalue weighted by Gasteiger charge is 2.22. The maximum Gasteiger partial charge on any atom is 0.262 e. The van der Waals surface area contributed by atoms with Gasteiger partial charge in [0.15, 0.2) is 0 Å².